The Bertz CT molecular complexity index is 1330. The molecule has 0 saturated carbocycles. The van der Waals surface area contributed by atoms with E-state index in [1.807, 2.05) is 18.4 Å². The monoisotopic (exact) mass is 488 g/mol. The average Bonchev–Trinajstić information content (AvgIpc) is 3.20. The number of imide groups is 1. The molecule has 2 aromatic carbocycles. The Morgan fingerprint density at radius 1 is 1.20 bits per heavy atom. The number of benzene rings is 2. The minimum absolute atomic E-state index is 0.0960. The molecule has 1 saturated heterocycles. The predicted molar refractivity (Wildman–Crippen MR) is 121 cm³/mol. The molecule has 1 aliphatic heterocycles. The van der Waals surface area contributed by atoms with E-state index in [-0.39, 0.29) is 17.2 Å². The number of urea groups is 1. The zero-order chi connectivity index (χ0) is 25.7. The molecule has 35 heavy (non-hydrogen) atoms. The van der Waals surface area contributed by atoms with Gasteiger partial charge in [-0.15, -0.1) is 0 Å². The van der Waals surface area contributed by atoms with Crippen molar-refractivity contribution in [1.82, 2.24) is 14.5 Å². The second-order valence-electron chi connectivity index (χ2n) is 8.71. The summed E-state index contributed by atoms with van der Waals surface area (Å²) in [6.45, 7) is 4.34. The zero-order valence-corrected chi connectivity index (χ0v) is 19.2. The lowest BCUT2D eigenvalue weighted by Gasteiger charge is -2.37. The number of imidazole rings is 1. The van der Waals surface area contributed by atoms with Gasteiger partial charge in [0.05, 0.1) is 29.5 Å². The van der Waals surface area contributed by atoms with Gasteiger partial charge in [0.25, 0.3) is 0 Å². The minimum atomic E-state index is -4.61. The number of rotatable bonds is 5. The van der Waals surface area contributed by atoms with Crippen LogP contribution in [0.5, 0.6) is 0 Å². The molecule has 1 aromatic heterocycles. The Morgan fingerprint density at radius 3 is 2.54 bits per heavy atom. The third kappa shape index (κ3) is 4.33. The van der Waals surface area contributed by atoms with Gasteiger partial charge in [-0.3, -0.25) is 19.4 Å². The molecule has 1 atom stereocenters. The molecule has 1 N–H and O–H groups in total. The van der Waals surface area contributed by atoms with Crippen LogP contribution in [0.1, 0.15) is 36.6 Å². The van der Waals surface area contributed by atoms with Gasteiger partial charge < -0.3 is 9.67 Å². The number of aromatic nitrogens is 2. The first-order valence-corrected chi connectivity index (χ1v) is 10.9. The summed E-state index contributed by atoms with van der Waals surface area (Å²) in [6, 6.07) is 7.81. The van der Waals surface area contributed by atoms with Crippen LogP contribution in [0.25, 0.3) is 11.0 Å². The van der Waals surface area contributed by atoms with Crippen molar-refractivity contribution in [2.45, 2.75) is 39.5 Å². The van der Waals surface area contributed by atoms with E-state index < -0.39 is 48.7 Å². The van der Waals surface area contributed by atoms with Gasteiger partial charge in [-0.05, 0) is 56.2 Å². The molecular weight excluding hydrogens is 465 g/mol. The molecule has 0 bridgehead atoms. The van der Waals surface area contributed by atoms with Crippen molar-refractivity contribution in [3.63, 3.8) is 0 Å². The number of carbonyl (C=O) groups excluding carboxylic acids is 2. The lowest BCUT2D eigenvalue weighted by Crippen LogP contribution is -2.58. The minimum Gasteiger partial charge on any atom is -0.481 e. The Kier molecular flexibility index (Phi) is 6.04. The van der Waals surface area contributed by atoms with Crippen LogP contribution in [0.15, 0.2) is 42.7 Å². The first kappa shape index (κ1) is 24.2. The molecule has 4 rings (SSSR count). The standard InChI is InChI=1S/C24H23F3N4O4/c1-13(2)31-12-28-19-9-16(7-8-20(19)31)29-11-17(22(33)34)21(32)30(23(29)35)10-15-5-4-6-18(14(15)3)24(25,26)27/h4-9,12-13,17H,10-11H2,1-3H3,(H,33,34). The summed E-state index contributed by atoms with van der Waals surface area (Å²) in [5.74, 6) is -3.97. The number of carboxylic acid groups (broad SMARTS) is 1. The van der Waals surface area contributed by atoms with Gasteiger partial charge in [-0.1, -0.05) is 12.1 Å². The summed E-state index contributed by atoms with van der Waals surface area (Å²) in [7, 11) is 0. The second kappa shape index (κ2) is 8.71. The Morgan fingerprint density at radius 2 is 1.91 bits per heavy atom. The van der Waals surface area contributed by atoms with E-state index in [1.165, 1.54) is 19.1 Å². The van der Waals surface area contributed by atoms with Crippen molar-refractivity contribution < 1.29 is 32.7 Å². The number of alkyl halides is 3. The molecule has 0 spiro atoms. The summed E-state index contributed by atoms with van der Waals surface area (Å²) in [4.78, 5) is 44.3. The normalized spacial score (nSPS) is 17.1. The number of carboxylic acids is 1. The SMILES string of the molecule is Cc1c(CN2C(=O)C(C(=O)O)CN(c3ccc4c(c3)ncn4C(C)C)C2=O)cccc1C(F)(F)F. The van der Waals surface area contributed by atoms with E-state index in [9.17, 15) is 32.7 Å². The molecule has 0 radical (unpaired) electrons. The third-order valence-electron chi connectivity index (χ3n) is 6.20. The fourth-order valence-corrected chi connectivity index (χ4v) is 4.24. The quantitative estimate of drug-likeness (QED) is 0.529. The highest BCUT2D eigenvalue weighted by Crippen LogP contribution is 2.34. The molecule has 3 aromatic rings. The van der Waals surface area contributed by atoms with Gasteiger partial charge in [-0.2, -0.15) is 13.2 Å². The summed E-state index contributed by atoms with van der Waals surface area (Å²) in [5.41, 5.74) is 0.804. The van der Waals surface area contributed by atoms with Gasteiger partial charge in [-0.25, -0.2) is 9.78 Å². The fraction of sp³-hybridized carbons (Fsp3) is 0.333. The number of amides is 3. The summed E-state index contributed by atoms with van der Waals surface area (Å²) in [5, 5.41) is 9.64. The molecule has 2 heterocycles. The number of aliphatic carboxylic acids is 1. The summed E-state index contributed by atoms with van der Waals surface area (Å²) >= 11 is 0. The van der Waals surface area contributed by atoms with E-state index in [2.05, 4.69) is 4.98 Å². The largest absolute Gasteiger partial charge is 0.481 e. The molecule has 11 heteroatoms. The van der Waals surface area contributed by atoms with E-state index in [4.69, 9.17) is 0 Å². The maximum Gasteiger partial charge on any atom is 0.416 e. The van der Waals surface area contributed by atoms with Crippen molar-refractivity contribution >= 4 is 34.6 Å². The van der Waals surface area contributed by atoms with Crippen molar-refractivity contribution in [3.05, 3.63) is 59.4 Å². The summed E-state index contributed by atoms with van der Waals surface area (Å²) < 4.78 is 42.0. The van der Waals surface area contributed by atoms with Crippen LogP contribution in [0.3, 0.4) is 0 Å². The van der Waals surface area contributed by atoms with E-state index in [0.29, 0.717) is 16.1 Å². The van der Waals surface area contributed by atoms with Crippen LogP contribution < -0.4 is 4.90 Å². The number of halogens is 3. The first-order valence-electron chi connectivity index (χ1n) is 10.9. The number of carbonyl (C=O) groups is 3. The van der Waals surface area contributed by atoms with Crippen LogP contribution in [-0.4, -0.2) is 44.0 Å². The highest BCUT2D eigenvalue weighted by molar-refractivity contribution is 6.12. The second-order valence-corrected chi connectivity index (χ2v) is 8.71. The molecule has 1 fully saturated rings. The Balaban J connectivity index is 1.73. The van der Waals surface area contributed by atoms with Crippen LogP contribution in [0, 0.1) is 12.8 Å². The van der Waals surface area contributed by atoms with Gasteiger partial charge in [0.2, 0.25) is 5.91 Å². The van der Waals surface area contributed by atoms with Gasteiger partial charge >= 0.3 is 18.2 Å². The van der Waals surface area contributed by atoms with E-state index >= 15 is 0 Å². The number of fused-ring (bicyclic) bond motifs is 1. The van der Waals surface area contributed by atoms with Crippen molar-refractivity contribution in [2.75, 3.05) is 11.4 Å². The van der Waals surface area contributed by atoms with Gasteiger partial charge in [0.15, 0.2) is 5.92 Å². The van der Waals surface area contributed by atoms with E-state index in [0.717, 1.165) is 16.5 Å². The molecule has 8 nitrogen and oxygen atoms in total. The highest BCUT2D eigenvalue weighted by Gasteiger charge is 2.44. The Hall–Kier alpha value is -3.89. The van der Waals surface area contributed by atoms with Crippen molar-refractivity contribution in [1.29, 1.82) is 0 Å². The van der Waals surface area contributed by atoms with Gasteiger partial charge in [0.1, 0.15) is 0 Å². The van der Waals surface area contributed by atoms with Crippen LogP contribution in [-0.2, 0) is 22.3 Å². The highest BCUT2D eigenvalue weighted by atomic mass is 19.4. The topological polar surface area (TPSA) is 95.7 Å². The lowest BCUT2D eigenvalue weighted by molar-refractivity contribution is -0.150. The smallest absolute Gasteiger partial charge is 0.416 e. The maximum absolute atomic E-state index is 13.4. The molecule has 0 aliphatic carbocycles. The van der Waals surface area contributed by atoms with E-state index in [1.54, 1.807) is 24.5 Å². The number of hydrogen-bond acceptors (Lipinski definition) is 4. The average molecular weight is 488 g/mol. The molecule has 1 unspecified atom stereocenters. The number of nitrogens with zero attached hydrogens (tertiary/aromatic N) is 4. The van der Waals surface area contributed by atoms with Crippen LogP contribution in [0.4, 0.5) is 23.7 Å². The van der Waals surface area contributed by atoms with Crippen LogP contribution in [0.2, 0.25) is 0 Å². The van der Waals surface area contributed by atoms with Gasteiger partial charge in [0, 0.05) is 18.3 Å². The summed E-state index contributed by atoms with van der Waals surface area (Å²) in [6.07, 6.45) is -2.95. The predicted octanol–water partition coefficient (Wildman–Crippen LogP) is 4.61. The number of hydrogen-bond donors (Lipinski definition) is 1. The van der Waals surface area contributed by atoms with Crippen LogP contribution >= 0.6 is 0 Å². The first-order chi connectivity index (χ1) is 16.4. The third-order valence-corrected chi connectivity index (χ3v) is 6.20. The molecule has 184 valence electrons. The van der Waals surface area contributed by atoms with Crippen molar-refractivity contribution in [3.8, 4) is 0 Å². The molecule has 1 aliphatic rings. The zero-order valence-electron chi connectivity index (χ0n) is 19.2. The number of anilines is 1. The maximum atomic E-state index is 13.4. The van der Waals surface area contributed by atoms with Crippen molar-refractivity contribution in [2.24, 2.45) is 5.92 Å². The fourth-order valence-electron chi connectivity index (χ4n) is 4.24. The Labute approximate surface area is 198 Å². The molecular formula is C24H23F3N4O4. The lowest BCUT2D eigenvalue weighted by atomic mass is 9.99. The molecule has 3 amide bonds.